The second-order valence-electron chi connectivity index (χ2n) is 3.07. The van der Waals surface area contributed by atoms with Crippen LogP contribution in [0.1, 0.15) is 18.9 Å². The maximum atomic E-state index is 11.4. The van der Waals surface area contributed by atoms with Gasteiger partial charge in [-0.25, -0.2) is 8.42 Å². The van der Waals surface area contributed by atoms with Gasteiger partial charge in [0.15, 0.2) is 0 Å². The summed E-state index contributed by atoms with van der Waals surface area (Å²) in [6.45, 7) is 1.77. The molecule has 0 aliphatic carbocycles. The molecule has 81 valence electrons. The molecule has 15 heavy (non-hydrogen) atoms. The van der Waals surface area contributed by atoms with Gasteiger partial charge >= 0.3 is 0 Å². The third-order valence-corrected chi connectivity index (χ3v) is 3.25. The van der Waals surface area contributed by atoms with Crippen LogP contribution in [-0.4, -0.2) is 20.5 Å². The van der Waals surface area contributed by atoms with Crippen LogP contribution < -0.4 is 4.72 Å². The molecule has 0 saturated heterocycles. The fourth-order valence-electron chi connectivity index (χ4n) is 1.15. The predicted octanol–water partition coefficient (Wildman–Crippen LogP) is 1.30. The molecule has 1 radical (unpaired) electrons. The van der Waals surface area contributed by atoms with Crippen LogP contribution in [0.4, 0.5) is 5.69 Å². The first-order valence-corrected chi connectivity index (χ1v) is 6.22. The Balaban J connectivity index is 2.94. The van der Waals surface area contributed by atoms with E-state index < -0.39 is 10.0 Å². The Labute approximate surface area is 89.4 Å². The molecule has 1 aromatic carbocycles. The molecule has 0 aliphatic heterocycles. The van der Waals surface area contributed by atoms with Gasteiger partial charge < -0.3 is 0 Å². The van der Waals surface area contributed by atoms with Crippen molar-refractivity contribution in [2.24, 2.45) is 0 Å². The minimum absolute atomic E-state index is 0.0419. The number of rotatable bonds is 5. The zero-order valence-corrected chi connectivity index (χ0v) is 9.17. The van der Waals surface area contributed by atoms with Gasteiger partial charge in [-0.2, -0.15) is 0 Å². The zero-order chi connectivity index (χ0) is 11.3. The molecule has 0 heterocycles. The van der Waals surface area contributed by atoms with E-state index in [-0.39, 0.29) is 17.0 Å². The van der Waals surface area contributed by atoms with Crippen LogP contribution >= 0.6 is 0 Å². The lowest BCUT2D eigenvalue weighted by atomic mass is 10.2. The van der Waals surface area contributed by atoms with Crippen LogP contribution in [0.2, 0.25) is 0 Å². The van der Waals surface area contributed by atoms with Crippen LogP contribution in [-0.2, 0) is 14.8 Å². The van der Waals surface area contributed by atoms with Gasteiger partial charge in [-0.3, -0.25) is 9.52 Å². The molecule has 0 atom stereocenters. The number of nitrogens with one attached hydrogen (secondary N) is 1. The molecule has 1 rings (SSSR count). The fourth-order valence-corrected chi connectivity index (χ4v) is 2.30. The van der Waals surface area contributed by atoms with Crippen molar-refractivity contribution in [1.82, 2.24) is 0 Å². The lowest BCUT2D eigenvalue weighted by Crippen LogP contribution is -2.17. The van der Waals surface area contributed by atoms with E-state index in [1.54, 1.807) is 25.3 Å². The van der Waals surface area contributed by atoms with Crippen molar-refractivity contribution >= 4 is 22.0 Å². The third-order valence-electron chi connectivity index (χ3n) is 1.78. The summed E-state index contributed by atoms with van der Waals surface area (Å²) in [6, 6.07) is 6.35. The van der Waals surface area contributed by atoms with E-state index >= 15 is 0 Å². The number of carbonyl (C=O) groups excluding carboxylic acids is 1. The SMILES string of the molecule is CCCS(=O)(=O)Nc1ccccc1[C]=O. The number of hydrogen-bond donors (Lipinski definition) is 1. The van der Waals surface area contributed by atoms with Crippen molar-refractivity contribution < 1.29 is 13.2 Å². The Morgan fingerprint density at radius 1 is 1.33 bits per heavy atom. The molecule has 0 aromatic heterocycles. The largest absolute Gasteiger partial charge is 0.285 e. The molecule has 0 bridgehead atoms. The molecule has 5 heteroatoms. The first-order chi connectivity index (χ1) is 7.09. The van der Waals surface area contributed by atoms with Gasteiger partial charge in [0.1, 0.15) is 0 Å². The lowest BCUT2D eigenvalue weighted by Gasteiger charge is -2.07. The Hall–Kier alpha value is -1.36. The van der Waals surface area contributed by atoms with Crippen molar-refractivity contribution in [3.05, 3.63) is 29.8 Å². The Morgan fingerprint density at radius 2 is 2.00 bits per heavy atom. The van der Waals surface area contributed by atoms with E-state index in [4.69, 9.17) is 0 Å². The summed E-state index contributed by atoms with van der Waals surface area (Å²) in [5, 5.41) is 0. The smallest absolute Gasteiger partial charge is 0.235 e. The highest BCUT2D eigenvalue weighted by Gasteiger charge is 2.10. The summed E-state index contributed by atoms with van der Waals surface area (Å²) in [5.41, 5.74) is 0.498. The summed E-state index contributed by atoms with van der Waals surface area (Å²) in [5.74, 6) is 0.0419. The monoisotopic (exact) mass is 226 g/mol. The average Bonchev–Trinajstić information content (AvgIpc) is 2.17. The highest BCUT2D eigenvalue weighted by Crippen LogP contribution is 2.14. The van der Waals surface area contributed by atoms with E-state index in [1.165, 1.54) is 12.1 Å². The van der Waals surface area contributed by atoms with Gasteiger partial charge in [-0.1, -0.05) is 19.1 Å². The molecule has 0 unspecified atom stereocenters. The molecular formula is C10H12NO3S. The topological polar surface area (TPSA) is 63.2 Å². The van der Waals surface area contributed by atoms with E-state index in [9.17, 15) is 13.2 Å². The third kappa shape index (κ3) is 3.36. The lowest BCUT2D eigenvalue weighted by molar-refractivity contribution is 0.563. The van der Waals surface area contributed by atoms with Gasteiger partial charge in [0, 0.05) is 0 Å². The number of anilines is 1. The van der Waals surface area contributed by atoms with E-state index in [0.717, 1.165) is 0 Å². The fraction of sp³-hybridized carbons (Fsp3) is 0.300. The number of sulfonamides is 1. The van der Waals surface area contributed by atoms with E-state index in [1.807, 2.05) is 0 Å². The highest BCUT2D eigenvalue weighted by molar-refractivity contribution is 7.92. The van der Waals surface area contributed by atoms with Crippen molar-refractivity contribution in [3.8, 4) is 0 Å². The summed E-state index contributed by atoms with van der Waals surface area (Å²) in [7, 11) is -3.35. The quantitative estimate of drug-likeness (QED) is 0.823. The van der Waals surface area contributed by atoms with Gasteiger partial charge in [0.25, 0.3) is 0 Å². The Bertz CT molecular complexity index is 440. The van der Waals surface area contributed by atoms with Gasteiger partial charge in [-0.05, 0) is 18.6 Å². The summed E-state index contributed by atoms with van der Waals surface area (Å²) < 4.78 is 25.2. The molecule has 1 aromatic rings. The number of para-hydroxylation sites is 1. The second-order valence-corrected chi connectivity index (χ2v) is 4.91. The Morgan fingerprint density at radius 3 is 2.60 bits per heavy atom. The molecule has 4 nitrogen and oxygen atoms in total. The van der Waals surface area contributed by atoms with Crippen molar-refractivity contribution in [1.29, 1.82) is 0 Å². The van der Waals surface area contributed by atoms with Crippen LogP contribution in [0.15, 0.2) is 24.3 Å². The van der Waals surface area contributed by atoms with Gasteiger partial charge in [0.05, 0.1) is 17.0 Å². The molecule has 0 saturated carbocycles. The first-order valence-electron chi connectivity index (χ1n) is 4.56. The van der Waals surface area contributed by atoms with Crippen molar-refractivity contribution in [3.63, 3.8) is 0 Å². The Kier molecular flexibility index (Phi) is 3.85. The van der Waals surface area contributed by atoms with Gasteiger partial charge in [-0.15, -0.1) is 0 Å². The molecule has 0 amide bonds. The van der Waals surface area contributed by atoms with E-state index in [0.29, 0.717) is 6.42 Å². The van der Waals surface area contributed by atoms with Crippen molar-refractivity contribution in [2.75, 3.05) is 10.5 Å². The second kappa shape index (κ2) is 4.93. The standard InChI is InChI=1S/C10H12NO3S/c1-2-7-15(13,14)11-10-6-4-3-5-9(10)8-12/h3-6,11H,2,7H2,1H3. The maximum absolute atomic E-state index is 11.4. The summed E-state index contributed by atoms with van der Waals surface area (Å²) >= 11 is 0. The molecular weight excluding hydrogens is 214 g/mol. The molecule has 0 aliphatic rings. The first kappa shape index (κ1) is 11.7. The molecule has 0 fully saturated rings. The van der Waals surface area contributed by atoms with Crippen LogP contribution in [0, 0.1) is 0 Å². The predicted molar refractivity (Wildman–Crippen MR) is 58.9 cm³/mol. The number of hydrogen-bond acceptors (Lipinski definition) is 3. The summed E-state index contributed by atoms with van der Waals surface area (Å²) in [4.78, 5) is 10.5. The average molecular weight is 226 g/mol. The summed E-state index contributed by atoms with van der Waals surface area (Å²) in [6.07, 6.45) is 2.21. The molecule has 1 N–H and O–H groups in total. The highest BCUT2D eigenvalue weighted by atomic mass is 32.2. The van der Waals surface area contributed by atoms with Crippen molar-refractivity contribution in [2.45, 2.75) is 13.3 Å². The van der Waals surface area contributed by atoms with E-state index in [2.05, 4.69) is 4.72 Å². The minimum Gasteiger partial charge on any atom is -0.285 e. The number of benzene rings is 1. The van der Waals surface area contributed by atoms with Crippen LogP contribution in [0.5, 0.6) is 0 Å². The zero-order valence-electron chi connectivity index (χ0n) is 8.36. The minimum atomic E-state index is -3.35. The normalized spacial score (nSPS) is 11.0. The maximum Gasteiger partial charge on any atom is 0.235 e. The van der Waals surface area contributed by atoms with Gasteiger partial charge in [0.2, 0.25) is 16.3 Å². The van der Waals surface area contributed by atoms with Crippen LogP contribution in [0.3, 0.4) is 0 Å². The molecule has 0 spiro atoms. The van der Waals surface area contributed by atoms with Crippen LogP contribution in [0.25, 0.3) is 0 Å².